The Kier molecular flexibility index (Phi) is 5.81. The maximum atomic E-state index is 12.6. The van der Waals surface area contributed by atoms with Gasteiger partial charge in [0.15, 0.2) is 11.5 Å². The van der Waals surface area contributed by atoms with Crippen LogP contribution in [0.3, 0.4) is 0 Å². The predicted molar refractivity (Wildman–Crippen MR) is 120 cm³/mol. The molecule has 2 aromatic carbocycles. The number of hydrogen-bond donors (Lipinski definition) is 1. The van der Waals surface area contributed by atoms with E-state index in [1.165, 1.54) is 5.56 Å². The van der Waals surface area contributed by atoms with Gasteiger partial charge in [0.25, 0.3) is 5.91 Å². The summed E-state index contributed by atoms with van der Waals surface area (Å²) in [5, 5.41) is 2.98. The van der Waals surface area contributed by atoms with Gasteiger partial charge < -0.3 is 19.7 Å². The van der Waals surface area contributed by atoms with Gasteiger partial charge in [0.1, 0.15) is 0 Å². The summed E-state index contributed by atoms with van der Waals surface area (Å²) >= 11 is 0. The molecule has 1 saturated heterocycles. The lowest BCUT2D eigenvalue weighted by molar-refractivity contribution is -0.127. The van der Waals surface area contributed by atoms with Crippen molar-refractivity contribution in [3.8, 4) is 11.5 Å². The molecule has 7 nitrogen and oxygen atoms in total. The number of piperazine rings is 1. The third-order valence-electron chi connectivity index (χ3n) is 6.03. The smallest absolute Gasteiger partial charge is 0.251 e. The molecule has 0 unspecified atom stereocenters. The third-order valence-corrected chi connectivity index (χ3v) is 6.03. The molecule has 2 aromatic rings. The zero-order chi connectivity index (χ0) is 21.9. The number of rotatable bonds is 6. The molecule has 2 aliphatic heterocycles. The molecule has 0 radical (unpaired) electrons. The summed E-state index contributed by atoms with van der Waals surface area (Å²) in [6.45, 7) is 4.18. The monoisotopic (exact) mass is 433 g/mol. The van der Waals surface area contributed by atoms with Crippen molar-refractivity contribution in [1.29, 1.82) is 0 Å². The van der Waals surface area contributed by atoms with E-state index in [9.17, 15) is 9.59 Å². The topological polar surface area (TPSA) is 71.1 Å². The first-order valence-corrected chi connectivity index (χ1v) is 11.1. The second kappa shape index (κ2) is 9.04. The fraction of sp³-hybridized carbons (Fsp3) is 0.360. The van der Waals surface area contributed by atoms with Crippen LogP contribution in [-0.4, -0.2) is 60.6 Å². The van der Waals surface area contributed by atoms with Gasteiger partial charge >= 0.3 is 0 Å². The van der Waals surface area contributed by atoms with Gasteiger partial charge in [-0.25, -0.2) is 0 Å². The van der Waals surface area contributed by atoms with E-state index in [0.29, 0.717) is 24.7 Å². The quantitative estimate of drug-likeness (QED) is 0.710. The number of ether oxygens (including phenoxy) is 2. The van der Waals surface area contributed by atoms with Gasteiger partial charge in [0.2, 0.25) is 12.7 Å². The molecule has 2 heterocycles. The first kappa shape index (κ1) is 20.6. The molecule has 0 bridgehead atoms. The number of fused-ring (bicyclic) bond motifs is 1. The molecular weight excluding hydrogens is 406 g/mol. The molecule has 1 saturated carbocycles. The van der Waals surface area contributed by atoms with E-state index in [2.05, 4.69) is 16.3 Å². The minimum atomic E-state index is -0.0299. The van der Waals surface area contributed by atoms with Crippen LogP contribution in [0.5, 0.6) is 11.5 Å². The van der Waals surface area contributed by atoms with Gasteiger partial charge in [-0.05, 0) is 54.3 Å². The molecule has 7 heteroatoms. The van der Waals surface area contributed by atoms with E-state index in [1.807, 2.05) is 35.2 Å². The van der Waals surface area contributed by atoms with Crippen molar-refractivity contribution in [2.45, 2.75) is 25.4 Å². The molecule has 166 valence electrons. The van der Waals surface area contributed by atoms with Gasteiger partial charge in [-0.15, -0.1) is 0 Å². The molecule has 2 amide bonds. The number of hydrogen-bond acceptors (Lipinski definition) is 5. The summed E-state index contributed by atoms with van der Waals surface area (Å²) < 4.78 is 10.8. The van der Waals surface area contributed by atoms with Crippen LogP contribution in [0.15, 0.2) is 48.5 Å². The van der Waals surface area contributed by atoms with Crippen LogP contribution in [-0.2, 0) is 11.3 Å². The SMILES string of the molecule is O=C(NC1CC1)c1ccc(/C=C/C(=O)N2CCN(Cc3ccc4c(c3)OCO4)CC2)cc1. The standard InChI is InChI=1S/C25H27N3O4/c29-24(10-4-18-1-5-20(6-2-18)25(30)26-21-7-8-21)28-13-11-27(12-14-28)16-19-3-9-22-23(15-19)32-17-31-22/h1-6,9-10,15,21H,7-8,11-14,16-17H2,(H,26,30)/b10-4+. The van der Waals surface area contributed by atoms with Gasteiger partial charge in [0, 0.05) is 50.4 Å². The number of carbonyl (C=O) groups excluding carboxylic acids is 2. The highest BCUT2D eigenvalue weighted by Gasteiger charge is 2.24. The molecule has 5 rings (SSSR count). The van der Waals surface area contributed by atoms with Gasteiger partial charge in [0.05, 0.1) is 0 Å². The van der Waals surface area contributed by atoms with Crippen molar-refractivity contribution >= 4 is 17.9 Å². The van der Waals surface area contributed by atoms with Crippen molar-refractivity contribution in [2.75, 3.05) is 33.0 Å². The molecule has 1 aliphatic carbocycles. The Morgan fingerprint density at radius 3 is 2.47 bits per heavy atom. The van der Waals surface area contributed by atoms with E-state index < -0.39 is 0 Å². The number of amides is 2. The molecular formula is C25H27N3O4. The van der Waals surface area contributed by atoms with Gasteiger partial charge in [-0.3, -0.25) is 14.5 Å². The average molecular weight is 434 g/mol. The van der Waals surface area contributed by atoms with Crippen molar-refractivity contribution in [1.82, 2.24) is 15.1 Å². The number of benzene rings is 2. The maximum Gasteiger partial charge on any atom is 0.251 e. The highest BCUT2D eigenvalue weighted by molar-refractivity contribution is 5.95. The highest BCUT2D eigenvalue weighted by Crippen LogP contribution is 2.32. The molecule has 1 N–H and O–H groups in total. The van der Waals surface area contributed by atoms with Crippen molar-refractivity contribution in [3.63, 3.8) is 0 Å². The Labute approximate surface area is 187 Å². The normalized spacial score (nSPS) is 18.2. The summed E-state index contributed by atoms with van der Waals surface area (Å²) in [6, 6.07) is 13.7. The van der Waals surface area contributed by atoms with Crippen molar-refractivity contribution < 1.29 is 19.1 Å². The minimum Gasteiger partial charge on any atom is -0.454 e. The third kappa shape index (κ3) is 4.94. The van der Waals surface area contributed by atoms with Crippen molar-refractivity contribution in [3.05, 3.63) is 65.2 Å². The fourth-order valence-electron chi connectivity index (χ4n) is 3.94. The summed E-state index contributed by atoms with van der Waals surface area (Å²) in [5.41, 5.74) is 2.74. The lowest BCUT2D eigenvalue weighted by Crippen LogP contribution is -2.47. The number of carbonyl (C=O) groups is 2. The Morgan fingerprint density at radius 2 is 1.72 bits per heavy atom. The molecule has 0 atom stereocenters. The maximum absolute atomic E-state index is 12.6. The second-order valence-corrected chi connectivity index (χ2v) is 8.49. The molecule has 2 fully saturated rings. The lowest BCUT2D eigenvalue weighted by atomic mass is 10.1. The first-order chi connectivity index (χ1) is 15.6. The summed E-state index contributed by atoms with van der Waals surface area (Å²) in [5.74, 6) is 1.59. The van der Waals surface area contributed by atoms with Crippen LogP contribution in [0.1, 0.15) is 34.3 Å². The Hall–Kier alpha value is -3.32. The average Bonchev–Trinajstić information content (AvgIpc) is 3.51. The largest absolute Gasteiger partial charge is 0.454 e. The Balaban J connectivity index is 1.09. The van der Waals surface area contributed by atoms with E-state index in [0.717, 1.165) is 49.5 Å². The van der Waals surface area contributed by atoms with Crippen LogP contribution in [0.4, 0.5) is 0 Å². The Morgan fingerprint density at radius 1 is 0.969 bits per heavy atom. The van der Waals surface area contributed by atoms with Gasteiger partial charge in [-0.1, -0.05) is 18.2 Å². The summed E-state index contributed by atoms with van der Waals surface area (Å²) in [7, 11) is 0. The van der Waals surface area contributed by atoms with Crippen LogP contribution >= 0.6 is 0 Å². The van der Waals surface area contributed by atoms with Crippen molar-refractivity contribution in [2.24, 2.45) is 0 Å². The number of nitrogens with one attached hydrogen (secondary N) is 1. The molecule has 3 aliphatic rings. The van der Waals surface area contributed by atoms with Crippen LogP contribution in [0.2, 0.25) is 0 Å². The van der Waals surface area contributed by atoms with Gasteiger partial charge in [-0.2, -0.15) is 0 Å². The number of nitrogens with zero attached hydrogens (tertiary/aromatic N) is 2. The fourth-order valence-corrected chi connectivity index (χ4v) is 3.94. The zero-order valence-corrected chi connectivity index (χ0v) is 18.0. The molecule has 0 spiro atoms. The molecule has 0 aromatic heterocycles. The summed E-state index contributed by atoms with van der Waals surface area (Å²) in [6.07, 6.45) is 5.57. The Bertz CT molecular complexity index is 1020. The zero-order valence-electron chi connectivity index (χ0n) is 18.0. The van der Waals surface area contributed by atoms with Crippen LogP contribution < -0.4 is 14.8 Å². The van der Waals surface area contributed by atoms with Crippen LogP contribution in [0.25, 0.3) is 6.08 Å². The lowest BCUT2D eigenvalue weighted by Gasteiger charge is -2.34. The second-order valence-electron chi connectivity index (χ2n) is 8.49. The van der Waals surface area contributed by atoms with E-state index in [-0.39, 0.29) is 18.6 Å². The minimum absolute atomic E-state index is 0.0169. The first-order valence-electron chi connectivity index (χ1n) is 11.1. The van der Waals surface area contributed by atoms with Crippen LogP contribution in [0, 0.1) is 0 Å². The van der Waals surface area contributed by atoms with E-state index in [4.69, 9.17) is 9.47 Å². The summed E-state index contributed by atoms with van der Waals surface area (Å²) in [4.78, 5) is 28.9. The highest BCUT2D eigenvalue weighted by atomic mass is 16.7. The van der Waals surface area contributed by atoms with E-state index >= 15 is 0 Å². The molecule has 32 heavy (non-hydrogen) atoms. The van der Waals surface area contributed by atoms with E-state index in [1.54, 1.807) is 18.2 Å². The predicted octanol–water partition coefficient (Wildman–Crippen LogP) is 2.67.